The summed E-state index contributed by atoms with van der Waals surface area (Å²) in [6.07, 6.45) is 11.2. The Balaban J connectivity index is 0. The van der Waals surface area contributed by atoms with Gasteiger partial charge >= 0.3 is 0 Å². The topological polar surface area (TPSA) is 26.0 Å². The lowest BCUT2D eigenvalue weighted by molar-refractivity contribution is 0.586. The Morgan fingerprint density at radius 3 is 1.87 bits per heavy atom. The summed E-state index contributed by atoms with van der Waals surface area (Å²) >= 11 is 1.88. The molecule has 0 amide bonds. The van der Waals surface area contributed by atoms with Gasteiger partial charge in [-0.2, -0.15) is 0 Å². The lowest BCUT2D eigenvalue weighted by Gasteiger charge is -2.04. The van der Waals surface area contributed by atoms with E-state index in [0.29, 0.717) is 5.37 Å². The highest BCUT2D eigenvalue weighted by atomic mass is 35.5. The van der Waals surface area contributed by atoms with Gasteiger partial charge in [0, 0.05) is 5.37 Å². The van der Waals surface area contributed by atoms with Crippen LogP contribution in [-0.2, 0) is 0 Å². The minimum absolute atomic E-state index is 0. The summed E-state index contributed by atoms with van der Waals surface area (Å²) in [6, 6.07) is 0. The van der Waals surface area contributed by atoms with Crippen molar-refractivity contribution >= 4 is 24.2 Å². The Hall–Kier alpha value is 0.600. The lowest BCUT2D eigenvalue weighted by Crippen LogP contribution is -2.09. The van der Waals surface area contributed by atoms with Crippen molar-refractivity contribution in [2.24, 2.45) is 5.73 Å². The molecule has 0 aromatic heterocycles. The number of unbranched alkanes of at least 4 members (excludes halogenated alkanes) is 7. The van der Waals surface area contributed by atoms with Gasteiger partial charge in [0.05, 0.1) is 0 Å². The van der Waals surface area contributed by atoms with E-state index in [4.69, 9.17) is 5.73 Å². The smallest absolute Gasteiger partial charge is 0.0478 e. The van der Waals surface area contributed by atoms with Crippen LogP contribution in [-0.4, -0.2) is 11.1 Å². The molecule has 0 saturated carbocycles. The first-order chi connectivity index (χ1) is 6.77. The second kappa shape index (κ2) is 14.6. The van der Waals surface area contributed by atoms with E-state index < -0.39 is 0 Å². The van der Waals surface area contributed by atoms with Gasteiger partial charge in [0.15, 0.2) is 0 Å². The minimum Gasteiger partial charge on any atom is -0.320 e. The van der Waals surface area contributed by atoms with Gasteiger partial charge in [-0.25, -0.2) is 0 Å². The highest BCUT2D eigenvalue weighted by Crippen LogP contribution is 2.12. The molecular formula is C12H28ClNS. The van der Waals surface area contributed by atoms with Crippen molar-refractivity contribution in [2.75, 3.05) is 5.75 Å². The van der Waals surface area contributed by atoms with E-state index in [1.807, 2.05) is 11.8 Å². The van der Waals surface area contributed by atoms with Crippen LogP contribution in [0.1, 0.15) is 65.2 Å². The van der Waals surface area contributed by atoms with Crippen LogP contribution in [0.2, 0.25) is 0 Å². The average Bonchev–Trinajstić information content (AvgIpc) is 2.15. The molecule has 15 heavy (non-hydrogen) atoms. The summed E-state index contributed by atoms with van der Waals surface area (Å²) in [5.74, 6) is 1.24. The summed E-state index contributed by atoms with van der Waals surface area (Å²) < 4.78 is 0. The molecule has 0 fully saturated rings. The van der Waals surface area contributed by atoms with Gasteiger partial charge in [-0.3, -0.25) is 0 Å². The second-order valence-corrected chi connectivity index (χ2v) is 5.54. The summed E-state index contributed by atoms with van der Waals surface area (Å²) in [5, 5.41) is 0.319. The Morgan fingerprint density at radius 1 is 0.933 bits per heavy atom. The Kier molecular flexibility index (Phi) is 17.5. The van der Waals surface area contributed by atoms with Crippen molar-refractivity contribution in [2.45, 2.75) is 70.6 Å². The molecule has 0 aliphatic rings. The molecule has 0 radical (unpaired) electrons. The van der Waals surface area contributed by atoms with E-state index in [9.17, 15) is 0 Å². The number of hydrogen-bond donors (Lipinski definition) is 1. The van der Waals surface area contributed by atoms with Crippen LogP contribution in [0.3, 0.4) is 0 Å². The Bertz CT molecular complexity index is 110. The highest BCUT2D eigenvalue weighted by Gasteiger charge is 1.94. The van der Waals surface area contributed by atoms with E-state index in [0.717, 1.165) is 0 Å². The normalized spacial score (nSPS) is 12.2. The first kappa shape index (κ1) is 18.0. The van der Waals surface area contributed by atoms with Crippen molar-refractivity contribution in [3.63, 3.8) is 0 Å². The fourth-order valence-corrected chi connectivity index (χ4v) is 2.25. The van der Waals surface area contributed by atoms with E-state index >= 15 is 0 Å². The zero-order valence-electron chi connectivity index (χ0n) is 10.3. The number of halogens is 1. The third-order valence-corrected chi connectivity index (χ3v) is 3.43. The van der Waals surface area contributed by atoms with E-state index in [-0.39, 0.29) is 12.4 Å². The summed E-state index contributed by atoms with van der Waals surface area (Å²) in [7, 11) is 0. The molecule has 94 valence electrons. The van der Waals surface area contributed by atoms with Gasteiger partial charge in [0.2, 0.25) is 0 Å². The third kappa shape index (κ3) is 17.2. The maximum Gasteiger partial charge on any atom is 0.0478 e. The Morgan fingerprint density at radius 2 is 1.40 bits per heavy atom. The molecule has 0 spiro atoms. The van der Waals surface area contributed by atoms with Crippen molar-refractivity contribution in [3.05, 3.63) is 0 Å². The average molecular weight is 254 g/mol. The maximum absolute atomic E-state index is 5.65. The predicted octanol–water partition coefficient (Wildman–Crippen LogP) is 4.59. The maximum atomic E-state index is 5.65. The lowest BCUT2D eigenvalue weighted by atomic mass is 10.1. The molecule has 1 nitrogen and oxygen atoms in total. The SMILES string of the molecule is CCCCCCCCCCSC(C)N.Cl. The molecule has 0 rings (SSSR count). The molecular weight excluding hydrogens is 226 g/mol. The fourth-order valence-electron chi connectivity index (χ4n) is 1.51. The van der Waals surface area contributed by atoms with Crippen LogP contribution < -0.4 is 5.73 Å². The standard InChI is InChI=1S/C12H27NS.ClH/c1-3-4-5-6-7-8-9-10-11-14-12(2)13;/h12H,3-11,13H2,1-2H3;1H. The third-order valence-electron chi connectivity index (χ3n) is 2.38. The van der Waals surface area contributed by atoms with Gasteiger partial charge in [-0.1, -0.05) is 51.9 Å². The van der Waals surface area contributed by atoms with Crippen LogP contribution >= 0.6 is 24.2 Å². The van der Waals surface area contributed by atoms with Crippen LogP contribution in [0.15, 0.2) is 0 Å². The molecule has 1 atom stereocenters. The van der Waals surface area contributed by atoms with E-state index in [1.54, 1.807) is 0 Å². The van der Waals surface area contributed by atoms with Crippen LogP contribution in [0.5, 0.6) is 0 Å². The Labute approximate surface area is 106 Å². The van der Waals surface area contributed by atoms with Gasteiger partial charge < -0.3 is 5.73 Å². The van der Waals surface area contributed by atoms with Gasteiger partial charge in [0.1, 0.15) is 0 Å². The molecule has 0 aliphatic heterocycles. The van der Waals surface area contributed by atoms with E-state index in [1.165, 1.54) is 57.1 Å². The number of thioether (sulfide) groups is 1. The van der Waals surface area contributed by atoms with Crippen LogP contribution in [0, 0.1) is 0 Å². The monoisotopic (exact) mass is 253 g/mol. The molecule has 3 heteroatoms. The van der Waals surface area contributed by atoms with Crippen molar-refractivity contribution in [1.29, 1.82) is 0 Å². The molecule has 0 aromatic rings. The minimum atomic E-state index is 0. The van der Waals surface area contributed by atoms with Gasteiger partial charge in [-0.05, 0) is 19.1 Å². The molecule has 1 unspecified atom stereocenters. The van der Waals surface area contributed by atoms with Gasteiger partial charge in [-0.15, -0.1) is 24.2 Å². The summed E-state index contributed by atoms with van der Waals surface area (Å²) in [4.78, 5) is 0. The summed E-state index contributed by atoms with van der Waals surface area (Å²) in [5.41, 5.74) is 5.65. The fraction of sp³-hybridized carbons (Fsp3) is 1.00. The second-order valence-electron chi connectivity index (χ2n) is 4.05. The van der Waals surface area contributed by atoms with Crippen LogP contribution in [0.4, 0.5) is 0 Å². The predicted molar refractivity (Wildman–Crippen MR) is 76.0 cm³/mol. The molecule has 0 aliphatic carbocycles. The molecule has 0 aromatic carbocycles. The molecule has 0 bridgehead atoms. The van der Waals surface area contributed by atoms with Crippen LogP contribution in [0.25, 0.3) is 0 Å². The zero-order chi connectivity index (χ0) is 10.6. The molecule has 0 heterocycles. The van der Waals surface area contributed by atoms with Gasteiger partial charge in [0.25, 0.3) is 0 Å². The highest BCUT2D eigenvalue weighted by molar-refractivity contribution is 7.99. The van der Waals surface area contributed by atoms with Crippen molar-refractivity contribution < 1.29 is 0 Å². The number of hydrogen-bond acceptors (Lipinski definition) is 2. The molecule has 0 saturated heterocycles. The number of nitrogens with two attached hydrogens (primary N) is 1. The largest absolute Gasteiger partial charge is 0.320 e. The summed E-state index contributed by atoms with van der Waals surface area (Å²) in [6.45, 7) is 4.33. The molecule has 2 N–H and O–H groups in total. The zero-order valence-corrected chi connectivity index (χ0v) is 12.0. The first-order valence-electron chi connectivity index (χ1n) is 6.14. The van der Waals surface area contributed by atoms with Crippen molar-refractivity contribution in [1.82, 2.24) is 0 Å². The van der Waals surface area contributed by atoms with E-state index in [2.05, 4.69) is 13.8 Å². The van der Waals surface area contributed by atoms with Crippen molar-refractivity contribution in [3.8, 4) is 0 Å². The quantitative estimate of drug-likeness (QED) is 0.455. The number of rotatable bonds is 10. The first-order valence-corrected chi connectivity index (χ1v) is 7.19.